The molecule has 1 aromatic heterocycles. The van der Waals surface area contributed by atoms with Crippen LogP contribution < -0.4 is 15.0 Å². The van der Waals surface area contributed by atoms with E-state index in [2.05, 4.69) is 15.3 Å². The number of hydrogen-bond donors (Lipinski definition) is 1. The smallest absolute Gasteiger partial charge is 0.310 e. The number of morpholine rings is 1. The molecule has 1 saturated heterocycles. The number of aromatic nitrogens is 2. The minimum absolute atomic E-state index is 0.0469. The van der Waals surface area contributed by atoms with Gasteiger partial charge < -0.3 is 24.4 Å². The topological polar surface area (TPSA) is 85.8 Å². The third-order valence-electron chi connectivity index (χ3n) is 4.44. The van der Waals surface area contributed by atoms with Gasteiger partial charge in [0.15, 0.2) is 0 Å². The van der Waals surface area contributed by atoms with Crippen LogP contribution in [0.3, 0.4) is 0 Å². The summed E-state index contributed by atoms with van der Waals surface area (Å²) in [6, 6.07) is 7.69. The highest BCUT2D eigenvalue weighted by atomic mass is 35.5. The van der Waals surface area contributed by atoms with Crippen LogP contribution in [0.2, 0.25) is 5.28 Å². The number of halogens is 1. The average Bonchev–Trinajstić information content (AvgIpc) is 2.74. The van der Waals surface area contributed by atoms with Gasteiger partial charge in [0.2, 0.25) is 5.28 Å². The van der Waals surface area contributed by atoms with Gasteiger partial charge in [-0.2, -0.15) is 0 Å². The Labute approximate surface area is 168 Å². The third kappa shape index (κ3) is 5.02. The molecule has 0 atom stereocenters. The molecule has 1 N–H and O–H groups in total. The number of anilines is 2. The number of nitrogens with zero attached hydrogens (tertiary/aromatic N) is 3. The highest BCUT2D eigenvalue weighted by Crippen LogP contribution is 2.28. The Morgan fingerprint density at radius 2 is 1.93 bits per heavy atom. The van der Waals surface area contributed by atoms with E-state index in [0.717, 1.165) is 11.3 Å². The molecular weight excluding hydrogens is 384 g/mol. The molecule has 0 unspecified atom stereocenters. The van der Waals surface area contributed by atoms with Gasteiger partial charge in [0.1, 0.15) is 17.4 Å². The van der Waals surface area contributed by atoms with Crippen LogP contribution in [0.15, 0.2) is 24.3 Å². The summed E-state index contributed by atoms with van der Waals surface area (Å²) in [5, 5.41) is 3.39. The van der Waals surface area contributed by atoms with Gasteiger partial charge >= 0.3 is 5.97 Å². The largest absolute Gasteiger partial charge is 0.497 e. The first kappa shape index (κ1) is 20.2. The number of carbonyl (C=O) groups is 1. The predicted octanol–water partition coefficient (Wildman–Crippen LogP) is 2.30. The first-order valence-corrected chi connectivity index (χ1v) is 9.31. The summed E-state index contributed by atoms with van der Waals surface area (Å²) in [4.78, 5) is 22.8. The second-order valence-corrected chi connectivity index (χ2v) is 6.54. The zero-order valence-electron chi connectivity index (χ0n) is 15.9. The molecule has 1 aliphatic heterocycles. The van der Waals surface area contributed by atoms with E-state index in [1.54, 1.807) is 7.11 Å². The number of rotatable bonds is 7. The predicted molar refractivity (Wildman–Crippen MR) is 106 cm³/mol. The van der Waals surface area contributed by atoms with Crippen molar-refractivity contribution in [2.24, 2.45) is 0 Å². The summed E-state index contributed by atoms with van der Waals surface area (Å²) in [5.74, 6) is 1.57. The lowest BCUT2D eigenvalue weighted by molar-refractivity contribution is -0.139. The van der Waals surface area contributed by atoms with Crippen molar-refractivity contribution in [2.45, 2.75) is 13.0 Å². The SMILES string of the molecule is COC(=O)Cc1c(NCc2ccc(OC)cc2)nc(Cl)nc1N1CCOCC1. The van der Waals surface area contributed by atoms with Crippen molar-refractivity contribution >= 4 is 29.2 Å². The standard InChI is InChI=1S/C19H23ClN4O4/c1-26-14-5-3-13(4-6-14)12-21-17-15(11-16(25)27-2)18(23-19(20)22-17)24-7-9-28-10-8-24/h3-6H,7-12H2,1-2H3,(H,21,22,23). The Morgan fingerprint density at radius 1 is 1.21 bits per heavy atom. The minimum atomic E-state index is -0.368. The quantitative estimate of drug-likeness (QED) is 0.553. The van der Waals surface area contributed by atoms with Crippen molar-refractivity contribution in [1.82, 2.24) is 9.97 Å². The summed E-state index contributed by atoms with van der Waals surface area (Å²) in [7, 11) is 2.99. The Hall–Kier alpha value is -2.58. The Balaban J connectivity index is 1.88. The van der Waals surface area contributed by atoms with E-state index in [9.17, 15) is 4.79 Å². The van der Waals surface area contributed by atoms with E-state index in [4.69, 9.17) is 25.8 Å². The van der Waals surface area contributed by atoms with Gasteiger partial charge in [-0.25, -0.2) is 9.97 Å². The van der Waals surface area contributed by atoms with Crippen molar-refractivity contribution in [3.8, 4) is 5.75 Å². The number of methoxy groups -OCH3 is 2. The Morgan fingerprint density at radius 3 is 2.57 bits per heavy atom. The fraction of sp³-hybridized carbons (Fsp3) is 0.421. The van der Waals surface area contributed by atoms with Crippen molar-refractivity contribution in [2.75, 3.05) is 50.7 Å². The van der Waals surface area contributed by atoms with Crippen LogP contribution in [0.1, 0.15) is 11.1 Å². The lowest BCUT2D eigenvalue weighted by atomic mass is 10.1. The second-order valence-electron chi connectivity index (χ2n) is 6.20. The summed E-state index contributed by atoms with van der Waals surface area (Å²) in [5.41, 5.74) is 1.69. The van der Waals surface area contributed by atoms with Crippen molar-refractivity contribution < 1.29 is 19.0 Å². The molecule has 0 aliphatic carbocycles. The van der Waals surface area contributed by atoms with Gasteiger partial charge in [-0.3, -0.25) is 4.79 Å². The summed E-state index contributed by atoms with van der Waals surface area (Å²) in [6.45, 7) is 3.02. The lowest BCUT2D eigenvalue weighted by Gasteiger charge is -2.30. The molecule has 1 aromatic carbocycles. The maximum absolute atomic E-state index is 12.0. The zero-order valence-corrected chi connectivity index (χ0v) is 16.7. The van der Waals surface area contributed by atoms with Crippen LogP contribution in [-0.2, 0) is 27.2 Å². The fourth-order valence-corrected chi connectivity index (χ4v) is 3.10. The maximum atomic E-state index is 12.0. The van der Waals surface area contributed by atoms with Crippen molar-refractivity contribution in [3.05, 3.63) is 40.7 Å². The monoisotopic (exact) mass is 406 g/mol. The van der Waals surface area contributed by atoms with Crippen molar-refractivity contribution in [3.63, 3.8) is 0 Å². The van der Waals surface area contributed by atoms with E-state index in [0.29, 0.717) is 50.0 Å². The molecule has 0 spiro atoms. The first-order chi connectivity index (χ1) is 13.6. The normalized spacial score (nSPS) is 13.9. The molecule has 0 amide bonds. The number of esters is 1. The highest BCUT2D eigenvalue weighted by molar-refractivity contribution is 6.28. The molecule has 8 nitrogen and oxygen atoms in total. The third-order valence-corrected chi connectivity index (χ3v) is 4.61. The van der Waals surface area contributed by atoms with Gasteiger partial charge in [-0.1, -0.05) is 12.1 Å². The van der Waals surface area contributed by atoms with Gasteiger partial charge in [-0.05, 0) is 29.3 Å². The number of ether oxygens (including phenoxy) is 3. The molecule has 2 aromatic rings. The molecule has 1 aliphatic rings. The van der Waals surface area contributed by atoms with Gasteiger partial charge in [0.25, 0.3) is 0 Å². The summed E-state index contributed by atoms with van der Waals surface area (Å²) >= 11 is 6.18. The minimum Gasteiger partial charge on any atom is -0.497 e. The molecule has 1 fully saturated rings. The lowest BCUT2D eigenvalue weighted by Crippen LogP contribution is -2.38. The number of nitrogens with one attached hydrogen (secondary N) is 1. The van der Waals surface area contributed by atoms with Crippen molar-refractivity contribution in [1.29, 1.82) is 0 Å². The van der Waals surface area contributed by atoms with E-state index in [-0.39, 0.29) is 17.7 Å². The van der Waals surface area contributed by atoms with E-state index in [1.807, 2.05) is 29.2 Å². The molecule has 3 rings (SSSR count). The Bertz CT molecular complexity index is 810. The fourth-order valence-electron chi connectivity index (χ4n) is 2.94. The van der Waals surface area contributed by atoms with Crippen LogP contribution in [0.5, 0.6) is 5.75 Å². The van der Waals surface area contributed by atoms with Crippen LogP contribution in [0, 0.1) is 0 Å². The molecule has 0 radical (unpaired) electrons. The summed E-state index contributed by atoms with van der Waals surface area (Å²) < 4.78 is 15.5. The number of hydrogen-bond acceptors (Lipinski definition) is 8. The van der Waals surface area contributed by atoms with Gasteiger partial charge in [-0.15, -0.1) is 0 Å². The Kier molecular flexibility index (Phi) is 6.89. The molecule has 2 heterocycles. The zero-order chi connectivity index (χ0) is 19.9. The number of carbonyl (C=O) groups excluding carboxylic acids is 1. The molecule has 28 heavy (non-hydrogen) atoms. The van der Waals surface area contributed by atoms with Crippen LogP contribution in [-0.4, -0.2) is 56.5 Å². The molecule has 0 saturated carbocycles. The molecular formula is C19H23ClN4O4. The molecule has 150 valence electrons. The van der Waals surface area contributed by atoms with E-state index in [1.165, 1.54) is 7.11 Å². The van der Waals surface area contributed by atoms with Crippen LogP contribution in [0.25, 0.3) is 0 Å². The van der Waals surface area contributed by atoms with Crippen LogP contribution in [0.4, 0.5) is 11.6 Å². The van der Waals surface area contributed by atoms with Gasteiger partial charge in [0.05, 0.1) is 33.9 Å². The average molecular weight is 407 g/mol. The second kappa shape index (κ2) is 9.57. The molecule has 9 heteroatoms. The highest BCUT2D eigenvalue weighted by Gasteiger charge is 2.23. The van der Waals surface area contributed by atoms with E-state index >= 15 is 0 Å². The number of benzene rings is 1. The van der Waals surface area contributed by atoms with Crippen LogP contribution >= 0.6 is 11.6 Å². The summed E-state index contributed by atoms with van der Waals surface area (Å²) in [6.07, 6.45) is 0.0469. The maximum Gasteiger partial charge on any atom is 0.310 e. The van der Waals surface area contributed by atoms with Gasteiger partial charge in [0, 0.05) is 25.2 Å². The molecule has 0 bridgehead atoms. The first-order valence-electron chi connectivity index (χ1n) is 8.93. The van der Waals surface area contributed by atoms with E-state index < -0.39 is 0 Å².